The summed E-state index contributed by atoms with van der Waals surface area (Å²) in [5.41, 5.74) is 0.462. The molecule has 5 heteroatoms. The minimum absolute atomic E-state index is 0.0775. The molecule has 0 saturated carbocycles. The van der Waals surface area contributed by atoms with Crippen molar-refractivity contribution in [1.29, 1.82) is 0 Å². The van der Waals surface area contributed by atoms with Crippen LogP contribution in [0.25, 0.3) is 0 Å². The number of hydrogen-bond acceptors (Lipinski definition) is 2. The van der Waals surface area contributed by atoms with Crippen molar-refractivity contribution >= 4 is 27.5 Å². The Morgan fingerprint density at radius 1 is 1.53 bits per heavy atom. The van der Waals surface area contributed by atoms with Gasteiger partial charge in [0.2, 0.25) is 5.91 Å². The van der Waals surface area contributed by atoms with E-state index in [4.69, 9.17) is 4.74 Å². The SMILES string of the molecule is CN1C(=O)CCOc2c(Br)cc(F)cc21. The maximum Gasteiger partial charge on any atom is 0.230 e. The lowest BCUT2D eigenvalue weighted by Crippen LogP contribution is -2.25. The van der Waals surface area contributed by atoms with Gasteiger partial charge in [0.15, 0.2) is 5.75 Å². The van der Waals surface area contributed by atoms with Gasteiger partial charge < -0.3 is 9.64 Å². The molecular weight excluding hydrogens is 265 g/mol. The molecule has 0 aromatic heterocycles. The lowest BCUT2D eigenvalue weighted by molar-refractivity contribution is -0.118. The largest absolute Gasteiger partial charge is 0.490 e. The minimum atomic E-state index is -0.397. The molecule has 1 aliphatic heterocycles. The number of amides is 1. The van der Waals surface area contributed by atoms with Crippen molar-refractivity contribution in [3.8, 4) is 5.75 Å². The smallest absolute Gasteiger partial charge is 0.230 e. The van der Waals surface area contributed by atoms with Crippen molar-refractivity contribution in [2.75, 3.05) is 18.6 Å². The lowest BCUT2D eigenvalue weighted by Gasteiger charge is -2.16. The van der Waals surface area contributed by atoms with Gasteiger partial charge in [-0.1, -0.05) is 0 Å². The van der Waals surface area contributed by atoms with Gasteiger partial charge in [0, 0.05) is 13.1 Å². The summed E-state index contributed by atoms with van der Waals surface area (Å²) < 4.78 is 19.1. The fourth-order valence-electron chi connectivity index (χ4n) is 1.48. The minimum Gasteiger partial charge on any atom is -0.490 e. The Hall–Kier alpha value is -1.10. The third-order valence-electron chi connectivity index (χ3n) is 2.29. The first-order chi connectivity index (χ1) is 7.09. The summed E-state index contributed by atoms with van der Waals surface area (Å²) in [6.07, 6.45) is 0.305. The molecule has 0 unspecified atom stereocenters. The highest BCUT2D eigenvalue weighted by Gasteiger charge is 2.22. The van der Waals surface area contributed by atoms with Gasteiger partial charge in [-0.05, 0) is 22.0 Å². The van der Waals surface area contributed by atoms with Crippen molar-refractivity contribution in [1.82, 2.24) is 0 Å². The molecule has 1 heterocycles. The van der Waals surface area contributed by atoms with Gasteiger partial charge >= 0.3 is 0 Å². The van der Waals surface area contributed by atoms with Crippen LogP contribution in [0.3, 0.4) is 0 Å². The molecule has 1 aromatic carbocycles. The summed E-state index contributed by atoms with van der Waals surface area (Å²) in [5.74, 6) is 0.0433. The van der Waals surface area contributed by atoms with E-state index in [0.29, 0.717) is 28.9 Å². The number of hydrogen-bond donors (Lipinski definition) is 0. The van der Waals surface area contributed by atoms with Crippen LogP contribution >= 0.6 is 15.9 Å². The van der Waals surface area contributed by atoms with Crippen LogP contribution in [0, 0.1) is 5.82 Å². The van der Waals surface area contributed by atoms with Gasteiger partial charge in [-0.25, -0.2) is 4.39 Å². The van der Waals surface area contributed by atoms with Gasteiger partial charge in [-0.3, -0.25) is 4.79 Å². The molecule has 3 nitrogen and oxygen atoms in total. The number of carbonyl (C=O) groups is 1. The molecule has 80 valence electrons. The Balaban J connectivity index is 2.58. The summed E-state index contributed by atoms with van der Waals surface area (Å²) in [6.45, 7) is 0.320. The second kappa shape index (κ2) is 3.81. The second-order valence-electron chi connectivity index (χ2n) is 3.29. The van der Waals surface area contributed by atoms with E-state index in [1.165, 1.54) is 17.0 Å². The van der Waals surface area contributed by atoms with Crippen LogP contribution in [-0.4, -0.2) is 19.6 Å². The number of carbonyl (C=O) groups excluding carboxylic acids is 1. The number of nitrogens with zero attached hydrogens (tertiary/aromatic N) is 1. The highest BCUT2D eigenvalue weighted by molar-refractivity contribution is 9.10. The third-order valence-corrected chi connectivity index (χ3v) is 2.88. The first-order valence-electron chi connectivity index (χ1n) is 4.48. The first-order valence-corrected chi connectivity index (χ1v) is 5.27. The molecule has 0 saturated heterocycles. The van der Waals surface area contributed by atoms with Gasteiger partial charge in [0.25, 0.3) is 0 Å². The normalized spacial score (nSPS) is 15.7. The van der Waals surface area contributed by atoms with Crippen molar-refractivity contribution in [3.63, 3.8) is 0 Å². The summed E-state index contributed by atoms with van der Waals surface area (Å²) in [6, 6.07) is 2.62. The average molecular weight is 274 g/mol. The van der Waals surface area contributed by atoms with E-state index in [-0.39, 0.29) is 5.91 Å². The first kappa shape index (κ1) is 10.4. The van der Waals surface area contributed by atoms with Crippen LogP contribution in [0.1, 0.15) is 6.42 Å². The van der Waals surface area contributed by atoms with E-state index in [9.17, 15) is 9.18 Å². The molecule has 15 heavy (non-hydrogen) atoms. The van der Waals surface area contributed by atoms with E-state index < -0.39 is 5.82 Å². The van der Waals surface area contributed by atoms with Crippen molar-refractivity contribution in [2.24, 2.45) is 0 Å². The molecule has 0 radical (unpaired) electrons. The molecule has 2 rings (SSSR count). The second-order valence-corrected chi connectivity index (χ2v) is 4.14. The average Bonchev–Trinajstić information content (AvgIpc) is 2.30. The van der Waals surface area contributed by atoms with Crippen LogP contribution in [0.15, 0.2) is 16.6 Å². The molecule has 0 aliphatic carbocycles. The van der Waals surface area contributed by atoms with Crippen LogP contribution in [-0.2, 0) is 4.79 Å². The summed E-state index contributed by atoms with van der Waals surface area (Å²) in [4.78, 5) is 12.9. The molecule has 1 aromatic rings. The number of ether oxygens (including phenoxy) is 1. The number of halogens is 2. The predicted octanol–water partition coefficient (Wildman–Crippen LogP) is 2.33. The topological polar surface area (TPSA) is 29.5 Å². The van der Waals surface area contributed by atoms with E-state index >= 15 is 0 Å². The zero-order chi connectivity index (χ0) is 11.0. The van der Waals surface area contributed by atoms with Crippen molar-refractivity contribution in [3.05, 3.63) is 22.4 Å². The van der Waals surface area contributed by atoms with Crippen LogP contribution in [0.2, 0.25) is 0 Å². The van der Waals surface area contributed by atoms with E-state index in [1.807, 2.05) is 0 Å². The molecule has 0 fully saturated rings. The Labute approximate surface area is 95.0 Å². The highest BCUT2D eigenvalue weighted by atomic mass is 79.9. The summed E-state index contributed by atoms with van der Waals surface area (Å²) >= 11 is 3.21. The number of anilines is 1. The van der Waals surface area contributed by atoms with Crippen molar-refractivity contribution in [2.45, 2.75) is 6.42 Å². The molecule has 0 N–H and O–H groups in total. The molecular formula is C10H9BrFNO2. The van der Waals surface area contributed by atoms with Crippen molar-refractivity contribution < 1.29 is 13.9 Å². The van der Waals surface area contributed by atoms with E-state index in [1.54, 1.807) is 7.05 Å². The summed E-state index contributed by atoms with van der Waals surface area (Å²) in [7, 11) is 1.61. The highest BCUT2D eigenvalue weighted by Crippen LogP contribution is 2.38. The fraction of sp³-hybridized carbons (Fsp3) is 0.300. The molecule has 1 aliphatic rings. The Morgan fingerprint density at radius 3 is 3.00 bits per heavy atom. The Bertz CT molecular complexity index is 422. The maximum absolute atomic E-state index is 13.2. The zero-order valence-electron chi connectivity index (χ0n) is 8.09. The van der Waals surface area contributed by atoms with Crippen LogP contribution < -0.4 is 9.64 Å². The van der Waals surface area contributed by atoms with Crippen LogP contribution in [0.4, 0.5) is 10.1 Å². The number of fused-ring (bicyclic) bond motifs is 1. The number of benzene rings is 1. The van der Waals surface area contributed by atoms with E-state index in [0.717, 1.165) is 0 Å². The van der Waals surface area contributed by atoms with Gasteiger partial charge in [-0.2, -0.15) is 0 Å². The molecule has 0 bridgehead atoms. The van der Waals surface area contributed by atoms with E-state index in [2.05, 4.69) is 15.9 Å². The van der Waals surface area contributed by atoms with Gasteiger partial charge in [0.05, 0.1) is 23.2 Å². The quantitative estimate of drug-likeness (QED) is 0.726. The monoisotopic (exact) mass is 273 g/mol. The lowest BCUT2D eigenvalue weighted by atomic mass is 10.2. The van der Waals surface area contributed by atoms with Gasteiger partial charge in [-0.15, -0.1) is 0 Å². The predicted molar refractivity (Wildman–Crippen MR) is 57.6 cm³/mol. The summed E-state index contributed by atoms with van der Waals surface area (Å²) in [5, 5.41) is 0. The Kier molecular flexibility index (Phi) is 2.65. The maximum atomic E-state index is 13.2. The molecule has 0 spiro atoms. The van der Waals surface area contributed by atoms with Crippen LogP contribution in [0.5, 0.6) is 5.75 Å². The third kappa shape index (κ3) is 1.84. The number of rotatable bonds is 0. The van der Waals surface area contributed by atoms with Gasteiger partial charge in [0.1, 0.15) is 5.82 Å². The fourth-order valence-corrected chi connectivity index (χ4v) is 2.02. The molecule has 0 atom stereocenters. The Morgan fingerprint density at radius 2 is 2.27 bits per heavy atom. The zero-order valence-corrected chi connectivity index (χ0v) is 9.67. The standard InChI is InChI=1S/C10H9BrFNO2/c1-13-8-5-6(12)4-7(11)10(8)15-3-2-9(13)14/h4-5H,2-3H2,1H3. The molecule has 1 amide bonds.